The first-order chi connectivity index (χ1) is 9.20. The summed E-state index contributed by atoms with van der Waals surface area (Å²) in [6.45, 7) is 2.97. The number of hydrogen-bond donors (Lipinski definition) is 1. The summed E-state index contributed by atoms with van der Waals surface area (Å²) in [6, 6.07) is 0. The molecule has 0 bridgehead atoms. The summed E-state index contributed by atoms with van der Waals surface area (Å²) in [7, 11) is 0. The molecule has 2 rings (SSSR count). The Morgan fingerprint density at radius 3 is 2.55 bits per heavy atom. The van der Waals surface area contributed by atoms with E-state index in [4.69, 9.17) is 5.73 Å². The zero-order valence-corrected chi connectivity index (χ0v) is 11.1. The molecule has 0 aromatic carbocycles. The fourth-order valence-corrected chi connectivity index (χ4v) is 2.42. The molecule has 1 aliphatic rings. The van der Waals surface area contributed by atoms with Gasteiger partial charge in [0.25, 0.3) is 0 Å². The quantitative estimate of drug-likeness (QED) is 0.887. The van der Waals surface area contributed by atoms with Crippen molar-refractivity contribution in [3.8, 4) is 0 Å². The highest BCUT2D eigenvalue weighted by molar-refractivity contribution is 5.78. The van der Waals surface area contributed by atoms with Crippen LogP contribution in [0.2, 0.25) is 0 Å². The van der Waals surface area contributed by atoms with E-state index >= 15 is 0 Å². The van der Waals surface area contributed by atoms with Crippen molar-refractivity contribution in [3.05, 3.63) is 17.6 Å². The van der Waals surface area contributed by atoms with E-state index in [1.54, 1.807) is 20.0 Å². The number of nitrogens with zero attached hydrogens (tertiary/aromatic N) is 3. The van der Waals surface area contributed by atoms with Crippen LogP contribution in [0.4, 0.5) is 19.0 Å². The Morgan fingerprint density at radius 2 is 2.05 bits per heavy atom. The van der Waals surface area contributed by atoms with Crippen molar-refractivity contribution >= 4 is 11.7 Å². The van der Waals surface area contributed by atoms with Crippen LogP contribution in [0.1, 0.15) is 11.4 Å². The fraction of sp³-hybridized carbons (Fsp3) is 0.583. The van der Waals surface area contributed by atoms with E-state index in [0.29, 0.717) is 17.2 Å². The Bertz CT molecular complexity index is 532. The van der Waals surface area contributed by atoms with Crippen molar-refractivity contribution < 1.29 is 18.0 Å². The average Bonchev–Trinajstić information content (AvgIpc) is 2.77. The maximum Gasteiger partial charge on any atom is 0.394 e. The third-order valence-corrected chi connectivity index (χ3v) is 3.46. The first-order valence-corrected chi connectivity index (χ1v) is 6.11. The lowest BCUT2D eigenvalue weighted by Gasteiger charge is -2.20. The van der Waals surface area contributed by atoms with Crippen LogP contribution in [-0.2, 0) is 4.79 Å². The van der Waals surface area contributed by atoms with Gasteiger partial charge in [-0.2, -0.15) is 13.2 Å². The van der Waals surface area contributed by atoms with E-state index in [1.165, 1.54) is 4.90 Å². The molecule has 2 atom stereocenters. The molecule has 5 nitrogen and oxygen atoms in total. The maximum atomic E-state index is 13.0. The third kappa shape index (κ3) is 2.68. The number of alkyl halides is 3. The molecule has 2 N–H and O–H groups in total. The Balaban J connectivity index is 2.32. The van der Waals surface area contributed by atoms with Gasteiger partial charge in [-0.25, -0.2) is 4.98 Å². The molecule has 20 heavy (non-hydrogen) atoms. The van der Waals surface area contributed by atoms with E-state index in [9.17, 15) is 18.0 Å². The number of carbonyl (C=O) groups excluding carboxylic acids is 1. The number of carbonyl (C=O) groups is 1. The fourth-order valence-electron chi connectivity index (χ4n) is 2.42. The molecular weight excluding hydrogens is 273 g/mol. The molecule has 2 heterocycles. The van der Waals surface area contributed by atoms with Gasteiger partial charge in [0, 0.05) is 19.3 Å². The molecule has 8 heteroatoms. The molecule has 1 saturated heterocycles. The number of primary amides is 1. The van der Waals surface area contributed by atoms with Gasteiger partial charge >= 0.3 is 6.18 Å². The van der Waals surface area contributed by atoms with Crippen molar-refractivity contribution in [3.63, 3.8) is 0 Å². The highest BCUT2D eigenvalue weighted by Gasteiger charge is 2.52. The van der Waals surface area contributed by atoms with Crippen LogP contribution < -0.4 is 10.6 Å². The van der Waals surface area contributed by atoms with Gasteiger partial charge in [0.2, 0.25) is 5.91 Å². The minimum atomic E-state index is -4.46. The second kappa shape index (κ2) is 4.92. The average molecular weight is 288 g/mol. The van der Waals surface area contributed by atoms with E-state index in [2.05, 4.69) is 9.97 Å². The zero-order chi connectivity index (χ0) is 15.1. The van der Waals surface area contributed by atoms with Gasteiger partial charge in [0.05, 0.1) is 23.2 Å². The molecule has 0 aliphatic carbocycles. The largest absolute Gasteiger partial charge is 0.394 e. The van der Waals surface area contributed by atoms with Gasteiger partial charge in [-0.3, -0.25) is 9.78 Å². The second-order valence-corrected chi connectivity index (χ2v) is 4.98. The molecular formula is C12H15F3N4O. The summed E-state index contributed by atoms with van der Waals surface area (Å²) in [4.78, 5) is 21.0. The molecule has 1 aromatic heterocycles. The first kappa shape index (κ1) is 14.5. The van der Waals surface area contributed by atoms with E-state index in [1.807, 2.05) is 0 Å². The number of aromatic nitrogens is 2. The molecule has 0 radical (unpaired) electrons. The number of hydrogen-bond acceptors (Lipinski definition) is 4. The molecule has 1 aliphatic heterocycles. The van der Waals surface area contributed by atoms with Crippen molar-refractivity contribution in [2.24, 2.45) is 17.6 Å². The van der Waals surface area contributed by atoms with Crippen molar-refractivity contribution in [1.29, 1.82) is 0 Å². The normalized spacial score (nSPS) is 23.1. The van der Waals surface area contributed by atoms with Crippen molar-refractivity contribution in [2.45, 2.75) is 20.0 Å². The van der Waals surface area contributed by atoms with Crippen molar-refractivity contribution in [2.75, 3.05) is 18.0 Å². The molecule has 0 spiro atoms. The van der Waals surface area contributed by atoms with Crippen LogP contribution in [0.3, 0.4) is 0 Å². The van der Waals surface area contributed by atoms with Gasteiger partial charge in [0.15, 0.2) is 0 Å². The summed E-state index contributed by atoms with van der Waals surface area (Å²) in [5.74, 6) is -3.57. The van der Waals surface area contributed by atoms with Gasteiger partial charge in [-0.05, 0) is 13.8 Å². The number of anilines is 1. The topological polar surface area (TPSA) is 72.1 Å². The van der Waals surface area contributed by atoms with Crippen LogP contribution in [0.15, 0.2) is 6.20 Å². The maximum absolute atomic E-state index is 13.0. The minimum absolute atomic E-state index is 0.0848. The Morgan fingerprint density at radius 1 is 1.40 bits per heavy atom. The standard InChI is InChI=1S/C12H15F3N4O/c1-6-3-17-7(2)11(18-6)19-4-8(10(16)20)9(5-19)12(13,14)15/h3,8-9H,4-5H2,1-2H3,(H2,16,20)/t8-,9-/m1/s1. The van der Waals surface area contributed by atoms with Crippen molar-refractivity contribution in [1.82, 2.24) is 9.97 Å². The van der Waals surface area contributed by atoms with Crippen LogP contribution in [-0.4, -0.2) is 35.1 Å². The van der Waals surface area contributed by atoms with Gasteiger partial charge in [-0.1, -0.05) is 0 Å². The van der Waals surface area contributed by atoms with Gasteiger partial charge in [-0.15, -0.1) is 0 Å². The molecule has 1 amide bonds. The van der Waals surface area contributed by atoms with Gasteiger partial charge in [0.1, 0.15) is 5.82 Å². The predicted octanol–water partition coefficient (Wildman–Crippen LogP) is 1.19. The summed E-state index contributed by atoms with van der Waals surface area (Å²) in [5.41, 5.74) is 6.23. The molecule has 1 aromatic rings. The Hall–Kier alpha value is -1.86. The van der Waals surface area contributed by atoms with Crippen LogP contribution >= 0.6 is 0 Å². The molecule has 0 saturated carbocycles. The minimum Gasteiger partial charge on any atom is -0.369 e. The summed E-state index contributed by atoms with van der Waals surface area (Å²) in [6.07, 6.45) is -2.92. The Labute approximate surface area is 114 Å². The van der Waals surface area contributed by atoms with E-state index in [0.717, 1.165) is 0 Å². The van der Waals surface area contributed by atoms with Crippen LogP contribution in [0.5, 0.6) is 0 Å². The summed E-state index contributed by atoms with van der Waals surface area (Å²) >= 11 is 0. The second-order valence-electron chi connectivity index (χ2n) is 4.98. The highest BCUT2D eigenvalue weighted by atomic mass is 19.4. The molecule has 1 fully saturated rings. The zero-order valence-electron chi connectivity index (χ0n) is 11.1. The lowest BCUT2D eigenvalue weighted by atomic mass is 9.95. The van der Waals surface area contributed by atoms with Gasteiger partial charge < -0.3 is 10.6 Å². The summed E-state index contributed by atoms with van der Waals surface area (Å²) in [5, 5.41) is 0. The van der Waals surface area contributed by atoms with E-state index < -0.39 is 23.9 Å². The SMILES string of the molecule is Cc1cnc(C)c(N2C[C@@H](C(F)(F)F)[C@H](C(N)=O)C2)n1. The van der Waals surface area contributed by atoms with E-state index in [-0.39, 0.29) is 13.1 Å². The third-order valence-electron chi connectivity index (χ3n) is 3.46. The smallest absolute Gasteiger partial charge is 0.369 e. The molecule has 110 valence electrons. The highest BCUT2D eigenvalue weighted by Crippen LogP contribution is 2.39. The molecule has 0 unspecified atom stereocenters. The lowest BCUT2D eigenvalue weighted by Crippen LogP contribution is -2.37. The van der Waals surface area contributed by atoms with Crippen LogP contribution in [0, 0.1) is 25.7 Å². The predicted molar refractivity (Wildman–Crippen MR) is 65.9 cm³/mol. The number of halogens is 3. The number of nitrogens with two attached hydrogens (primary N) is 1. The summed E-state index contributed by atoms with van der Waals surface area (Å²) < 4.78 is 38.9. The lowest BCUT2D eigenvalue weighted by molar-refractivity contribution is -0.181. The monoisotopic (exact) mass is 288 g/mol. The number of rotatable bonds is 2. The number of amides is 1. The Kier molecular flexibility index (Phi) is 3.58. The number of aryl methyl sites for hydroxylation is 2. The first-order valence-electron chi connectivity index (χ1n) is 6.11. The van der Waals surface area contributed by atoms with Crippen LogP contribution in [0.25, 0.3) is 0 Å².